The summed E-state index contributed by atoms with van der Waals surface area (Å²) in [5.74, 6) is -0.498. The number of aryl methyl sites for hydroxylation is 1. The van der Waals surface area contributed by atoms with Crippen molar-refractivity contribution >= 4 is 39.1 Å². The molecule has 0 saturated heterocycles. The molecule has 3 aromatic carbocycles. The molecule has 1 unspecified atom stereocenters. The van der Waals surface area contributed by atoms with E-state index in [4.69, 9.17) is 11.6 Å². The molecule has 1 N–H and O–H groups in total. The molecule has 0 aliphatic rings. The first-order valence-corrected chi connectivity index (χ1v) is 15.9. The normalized spacial score (nSPS) is 12.4. The van der Waals surface area contributed by atoms with Gasteiger partial charge in [-0.3, -0.25) is 13.9 Å². The van der Waals surface area contributed by atoms with Gasteiger partial charge in [-0.25, -0.2) is 8.42 Å². The van der Waals surface area contributed by atoms with Crippen LogP contribution in [-0.4, -0.2) is 49.5 Å². The van der Waals surface area contributed by atoms with Crippen LogP contribution in [0.2, 0.25) is 5.02 Å². The second-order valence-corrected chi connectivity index (χ2v) is 13.7. The molecular formula is C32H40ClN3O4S. The van der Waals surface area contributed by atoms with Crippen molar-refractivity contribution in [2.24, 2.45) is 0 Å². The summed E-state index contributed by atoms with van der Waals surface area (Å²) in [6, 6.07) is 23.3. The first kappa shape index (κ1) is 32.2. The molecule has 3 rings (SSSR count). The lowest BCUT2D eigenvalue weighted by Gasteiger charge is -2.34. The molecule has 0 aliphatic carbocycles. The Morgan fingerprint density at radius 3 is 2.20 bits per heavy atom. The van der Waals surface area contributed by atoms with E-state index in [1.54, 1.807) is 29.2 Å². The molecule has 2 amide bonds. The average Bonchev–Trinajstić information content (AvgIpc) is 2.87. The number of nitrogens with one attached hydrogen (secondary N) is 1. The van der Waals surface area contributed by atoms with E-state index in [9.17, 15) is 18.0 Å². The van der Waals surface area contributed by atoms with Crippen molar-refractivity contribution in [1.82, 2.24) is 10.2 Å². The van der Waals surface area contributed by atoms with E-state index in [1.165, 1.54) is 4.31 Å². The fourth-order valence-corrected chi connectivity index (χ4v) is 5.80. The quantitative estimate of drug-likeness (QED) is 0.288. The van der Waals surface area contributed by atoms with Crippen LogP contribution in [0.5, 0.6) is 0 Å². The summed E-state index contributed by atoms with van der Waals surface area (Å²) in [6.45, 7) is 7.92. The van der Waals surface area contributed by atoms with E-state index in [-0.39, 0.29) is 37.7 Å². The first-order valence-electron chi connectivity index (χ1n) is 13.7. The monoisotopic (exact) mass is 597 g/mol. The minimum absolute atomic E-state index is 0.0620. The van der Waals surface area contributed by atoms with Gasteiger partial charge in [-0.1, -0.05) is 66.2 Å². The predicted molar refractivity (Wildman–Crippen MR) is 166 cm³/mol. The van der Waals surface area contributed by atoms with Gasteiger partial charge in [-0.2, -0.15) is 0 Å². The third-order valence-corrected chi connectivity index (χ3v) is 7.88. The molecule has 1 atom stereocenters. The minimum atomic E-state index is -3.57. The fourth-order valence-electron chi connectivity index (χ4n) is 4.63. The number of hydrogen-bond acceptors (Lipinski definition) is 4. The number of nitrogens with zero attached hydrogens (tertiary/aromatic N) is 2. The number of anilines is 1. The number of benzene rings is 3. The highest BCUT2D eigenvalue weighted by atomic mass is 35.5. The minimum Gasteiger partial charge on any atom is -0.350 e. The van der Waals surface area contributed by atoms with Gasteiger partial charge in [0.05, 0.1) is 11.9 Å². The third-order valence-electron chi connectivity index (χ3n) is 6.45. The van der Waals surface area contributed by atoms with Gasteiger partial charge in [0.2, 0.25) is 21.8 Å². The second-order valence-electron chi connectivity index (χ2n) is 11.4. The third kappa shape index (κ3) is 10.2. The number of amides is 2. The van der Waals surface area contributed by atoms with Crippen LogP contribution >= 0.6 is 11.6 Å². The summed E-state index contributed by atoms with van der Waals surface area (Å²) in [6.07, 6.45) is 1.83. The molecule has 0 saturated carbocycles. The Bertz CT molecular complexity index is 1440. The predicted octanol–water partition coefficient (Wildman–Crippen LogP) is 5.75. The zero-order valence-corrected chi connectivity index (χ0v) is 26.0. The van der Waals surface area contributed by atoms with Crippen molar-refractivity contribution in [1.29, 1.82) is 0 Å². The van der Waals surface area contributed by atoms with E-state index in [0.717, 1.165) is 22.9 Å². The van der Waals surface area contributed by atoms with Crippen molar-refractivity contribution in [3.8, 4) is 0 Å². The molecule has 220 valence electrons. The van der Waals surface area contributed by atoms with Gasteiger partial charge in [0, 0.05) is 36.5 Å². The number of carbonyl (C=O) groups excluding carboxylic acids is 2. The standard InChI is InChI=1S/C32H40ClN3O4S/c1-24-12-9-17-28(20-24)36(41(5,39)40)19-11-18-30(37)35(23-26-15-10-16-27(33)21-26)29(31(38)34-32(2,3)4)22-25-13-7-6-8-14-25/h6-10,12-17,20-21,29H,11,18-19,22-23H2,1-5H3,(H,34,38). The summed E-state index contributed by atoms with van der Waals surface area (Å²) in [4.78, 5) is 29.2. The van der Waals surface area contributed by atoms with Crippen molar-refractivity contribution < 1.29 is 18.0 Å². The van der Waals surface area contributed by atoms with E-state index in [2.05, 4.69) is 5.32 Å². The molecular weight excluding hydrogens is 558 g/mol. The lowest BCUT2D eigenvalue weighted by atomic mass is 10.00. The van der Waals surface area contributed by atoms with Crippen molar-refractivity contribution in [2.45, 2.75) is 65.1 Å². The summed E-state index contributed by atoms with van der Waals surface area (Å²) >= 11 is 6.25. The van der Waals surface area contributed by atoms with E-state index >= 15 is 0 Å². The van der Waals surface area contributed by atoms with Gasteiger partial charge in [0.15, 0.2) is 0 Å². The molecule has 0 aliphatic heterocycles. The Kier molecular flexibility index (Phi) is 11.0. The van der Waals surface area contributed by atoms with Crippen molar-refractivity contribution in [3.05, 3.63) is 101 Å². The Balaban J connectivity index is 1.90. The highest BCUT2D eigenvalue weighted by molar-refractivity contribution is 7.92. The summed E-state index contributed by atoms with van der Waals surface area (Å²) in [7, 11) is -3.57. The first-order chi connectivity index (χ1) is 19.2. The molecule has 0 spiro atoms. The van der Waals surface area contributed by atoms with Crippen molar-refractivity contribution in [2.75, 3.05) is 17.1 Å². The van der Waals surface area contributed by atoms with Gasteiger partial charge in [-0.05, 0) is 75.1 Å². The largest absolute Gasteiger partial charge is 0.350 e. The average molecular weight is 598 g/mol. The van der Waals surface area contributed by atoms with Gasteiger partial charge in [0.25, 0.3) is 0 Å². The Labute approximate surface area is 249 Å². The molecule has 0 aromatic heterocycles. The van der Waals surface area contributed by atoms with Crippen molar-refractivity contribution in [3.63, 3.8) is 0 Å². The number of carbonyl (C=O) groups is 2. The lowest BCUT2D eigenvalue weighted by Crippen LogP contribution is -2.54. The Morgan fingerprint density at radius 2 is 1.59 bits per heavy atom. The van der Waals surface area contributed by atoms with Crippen LogP contribution in [0.3, 0.4) is 0 Å². The maximum atomic E-state index is 13.9. The molecule has 41 heavy (non-hydrogen) atoms. The fraction of sp³-hybridized carbons (Fsp3) is 0.375. The van der Waals surface area contributed by atoms with Crippen LogP contribution < -0.4 is 9.62 Å². The smallest absolute Gasteiger partial charge is 0.243 e. The Morgan fingerprint density at radius 1 is 0.927 bits per heavy atom. The zero-order valence-electron chi connectivity index (χ0n) is 24.4. The van der Waals surface area contributed by atoms with Gasteiger partial charge >= 0.3 is 0 Å². The lowest BCUT2D eigenvalue weighted by molar-refractivity contribution is -0.142. The van der Waals surface area contributed by atoms with Gasteiger partial charge < -0.3 is 10.2 Å². The summed E-state index contributed by atoms with van der Waals surface area (Å²) in [5, 5.41) is 3.58. The number of hydrogen-bond donors (Lipinski definition) is 1. The van der Waals surface area contributed by atoms with Crippen LogP contribution in [0.1, 0.15) is 50.3 Å². The topological polar surface area (TPSA) is 86.8 Å². The van der Waals surface area contributed by atoms with Crippen LogP contribution in [-0.2, 0) is 32.6 Å². The molecule has 0 bridgehead atoms. The van der Waals surface area contributed by atoms with Gasteiger partial charge in [-0.15, -0.1) is 0 Å². The number of sulfonamides is 1. The summed E-state index contributed by atoms with van der Waals surface area (Å²) < 4.78 is 26.6. The van der Waals surface area contributed by atoms with Crippen LogP contribution in [0.25, 0.3) is 0 Å². The summed E-state index contributed by atoms with van der Waals surface area (Å²) in [5.41, 5.74) is 2.72. The maximum absolute atomic E-state index is 13.9. The second kappa shape index (κ2) is 14.0. The SMILES string of the molecule is Cc1cccc(N(CCCC(=O)N(Cc2cccc(Cl)c2)C(Cc2ccccc2)C(=O)NC(C)(C)C)S(C)(=O)=O)c1. The highest BCUT2D eigenvalue weighted by Gasteiger charge is 2.32. The number of rotatable bonds is 12. The van der Waals surface area contributed by atoms with Crippen LogP contribution in [0, 0.1) is 6.92 Å². The van der Waals surface area contributed by atoms with Gasteiger partial charge in [0.1, 0.15) is 6.04 Å². The highest BCUT2D eigenvalue weighted by Crippen LogP contribution is 2.22. The molecule has 0 fully saturated rings. The van der Waals surface area contributed by atoms with E-state index in [1.807, 2.05) is 82.3 Å². The molecule has 0 radical (unpaired) electrons. The van der Waals surface area contributed by atoms with Crippen LogP contribution in [0.4, 0.5) is 5.69 Å². The number of halogens is 1. The van der Waals surface area contributed by atoms with Crippen LogP contribution in [0.15, 0.2) is 78.9 Å². The molecule has 7 nitrogen and oxygen atoms in total. The maximum Gasteiger partial charge on any atom is 0.243 e. The molecule has 0 heterocycles. The molecule has 3 aromatic rings. The zero-order chi connectivity index (χ0) is 30.2. The molecule has 9 heteroatoms. The Hall–Kier alpha value is -3.36. The van der Waals surface area contributed by atoms with E-state index in [0.29, 0.717) is 17.1 Å². The van der Waals surface area contributed by atoms with E-state index < -0.39 is 21.6 Å².